The minimum atomic E-state index is -0.849. The number of phenolic OH excluding ortho intramolecular Hbond substituents is 3. The Labute approximate surface area is 325 Å². The van der Waals surface area contributed by atoms with Gasteiger partial charge in [0.15, 0.2) is 11.6 Å². The maximum atomic E-state index is 13.2. The van der Waals surface area contributed by atoms with E-state index in [1.165, 1.54) is 48.6 Å². The van der Waals surface area contributed by atoms with Gasteiger partial charge in [-0.3, -0.25) is 14.9 Å². The normalized spacial score (nSPS) is 11.5. The number of aliphatic imine (C=N–C) groups is 2. The van der Waals surface area contributed by atoms with Crippen molar-refractivity contribution in [3.63, 3.8) is 0 Å². The molecule has 0 bridgehead atoms. The lowest BCUT2D eigenvalue weighted by molar-refractivity contribution is 0.0979. The summed E-state index contributed by atoms with van der Waals surface area (Å²) in [6.07, 6.45) is 2.15. The number of nitrogens with one attached hydrogen (secondary N) is 1. The third kappa shape index (κ3) is 6.85. The van der Waals surface area contributed by atoms with Crippen molar-refractivity contribution in [1.29, 1.82) is 0 Å². The number of carbonyl (C=O) groups excluding carboxylic acids is 5. The Morgan fingerprint density at radius 3 is 1.74 bits per heavy atom. The van der Waals surface area contributed by atoms with Crippen molar-refractivity contribution in [2.24, 2.45) is 9.98 Å². The Balaban J connectivity index is 1.24. The summed E-state index contributed by atoms with van der Waals surface area (Å²) >= 11 is 0. The number of hydrogen-bond donors (Lipinski definition) is 4. The molecule has 1 aliphatic rings. The molecule has 6 aromatic rings. The van der Waals surface area contributed by atoms with Gasteiger partial charge in [0.25, 0.3) is 0 Å². The third-order valence-electron chi connectivity index (χ3n) is 9.86. The van der Waals surface area contributed by atoms with Crippen LogP contribution in [0.5, 0.6) is 17.2 Å². The van der Waals surface area contributed by atoms with Gasteiger partial charge in [-0.1, -0.05) is 60.7 Å². The van der Waals surface area contributed by atoms with Crippen LogP contribution in [0.4, 0.5) is 21.9 Å². The van der Waals surface area contributed by atoms with Crippen molar-refractivity contribution in [2.75, 3.05) is 5.32 Å². The van der Waals surface area contributed by atoms with E-state index < -0.39 is 23.3 Å². The van der Waals surface area contributed by atoms with Crippen LogP contribution in [0.2, 0.25) is 0 Å². The summed E-state index contributed by atoms with van der Waals surface area (Å²) in [6.45, 7) is 4.91. The van der Waals surface area contributed by atoms with Crippen LogP contribution in [0.1, 0.15) is 54.1 Å². The first kappa shape index (κ1) is 37.4. The van der Waals surface area contributed by atoms with E-state index in [1.807, 2.05) is 0 Å². The Morgan fingerprint density at radius 2 is 1.12 bits per heavy atom. The summed E-state index contributed by atoms with van der Waals surface area (Å²) in [5.74, 6) is -2.08. The van der Waals surface area contributed by atoms with Crippen LogP contribution in [0.15, 0.2) is 107 Å². The highest BCUT2D eigenvalue weighted by Gasteiger charge is 2.30. The number of hydrogen-bond acceptors (Lipinski definition) is 11. The molecule has 7 rings (SSSR count). The zero-order valence-corrected chi connectivity index (χ0v) is 30.6. The molecule has 4 N–H and O–H groups in total. The van der Waals surface area contributed by atoms with Gasteiger partial charge < -0.3 is 20.1 Å². The molecule has 12 heteroatoms. The Hall–Kier alpha value is -7.91. The van der Waals surface area contributed by atoms with Gasteiger partial charge in [0.1, 0.15) is 23.9 Å². The number of aryl methyl sites for hydroxylation is 3. The van der Waals surface area contributed by atoms with Crippen LogP contribution < -0.4 is 5.32 Å². The first-order valence-corrected chi connectivity index (χ1v) is 17.5. The second-order valence-corrected chi connectivity index (χ2v) is 13.4. The highest BCUT2D eigenvalue weighted by atomic mass is 16.5. The molecule has 0 unspecified atom stereocenters. The maximum absolute atomic E-state index is 13.2. The number of isocyanates is 2. The quantitative estimate of drug-likeness (QED) is 0.0864. The van der Waals surface area contributed by atoms with Crippen molar-refractivity contribution < 1.29 is 44.0 Å². The van der Waals surface area contributed by atoms with Crippen molar-refractivity contribution >= 4 is 46.9 Å². The molecule has 280 valence electrons. The van der Waals surface area contributed by atoms with E-state index in [1.54, 1.807) is 81.4 Å². The molecule has 12 nitrogen and oxygen atoms in total. The number of aromatic hydroxyl groups is 3. The van der Waals surface area contributed by atoms with Gasteiger partial charge in [0.2, 0.25) is 12.2 Å². The second-order valence-electron chi connectivity index (χ2n) is 13.4. The molecule has 0 fully saturated rings. The van der Waals surface area contributed by atoms with E-state index in [-0.39, 0.29) is 68.5 Å². The van der Waals surface area contributed by atoms with Crippen LogP contribution in [-0.4, -0.2) is 45.1 Å². The second kappa shape index (κ2) is 15.1. The first-order valence-electron chi connectivity index (χ1n) is 17.5. The molecule has 0 atom stereocenters. The molecule has 1 amide bonds. The molecule has 0 heterocycles. The third-order valence-corrected chi connectivity index (χ3v) is 9.86. The lowest BCUT2D eigenvalue weighted by atomic mass is 9.83. The summed E-state index contributed by atoms with van der Waals surface area (Å²) in [5, 5.41) is 38.2. The number of ether oxygens (including phenoxy) is 1. The van der Waals surface area contributed by atoms with Gasteiger partial charge in [-0.25, -0.2) is 14.4 Å². The Morgan fingerprint density at radius 1 is 0.596 bits per heavy atom. The van der Waals surface area contributed by atoms with Crippen molar-refractivity contribution in [3.8, 4) is 50.6 Å². The average Bonchev–Trinajstić information content (AvgIpc) is 3.19. The lowest BCUT2D eigenvalue weighted by Gasteiger charge is -2.20. The van der Waals surface area contributed by atoms with Gasteiger partial charge in [-0.15, -0.1) is 0 Å². The molecular formula is C45H31N3O9. The molecule has 0 aromatic heterocycles. The monoisotopic (exact) mass is 757 g/mol. The number of nitrogens with zero attached hydrogens (tertiary/aromatic N) is 2. The largest absolute Gasteiger partial charge is 0.506 e. The van der Waals surface area contributed by atoms with Crippen LogP contribution in [-0.2, 0) is 20.9 Å². The van der Waals surface area contributed by atoms with Crippen LogP contribution in [0.3, 0.4) is 0 Å². The SMILES string of the molecule is Cc1cc(-c2c(O)c(-c3ccc(C)c(N=C=O)c3)c(O)c(-c3ccc(C)c(NC(=O)OCc4ccc5c(c4)C(=O)c4ccccc4C5=O)c3)c2O)ccc1N=C=O. The smallest absolute Gasteiger partial charge is 0.411 e. The molecule has 0 spiro atoms. The predicted molar refractivity (Wildman–Crippen MR) is 211 cm³/mol. The highest BCUT2D eigenvalue weighted by molar-refractivity contribution is 6.28. The molecule has 6 aromatic carbocycles. The summed E-state index contributed by atoms with van der Waals surface area (Å²) in [7, 11) is 0. The van der Waals surface area contributed by atoms with E-state index in [4.69, 9.17) is 4.74 Å². The Kier molecular flexibility index (Phi) is 9.90. The lowest BCUT2D eigenvalue weighted by Crippen LogP contribution is -2.21. The fraction of sp³-hybridized carbons (Fsp3) is 0.0889. The fourth-order valence-corrected chi connectivity index (χ4v) is 6.90. The zero-order chi connectivity index (χ0) is 40.5. The number of carbonyl (C=O) groups is 3. The predicted octanol–water partition coefficient (Wildman–Crippen LogP) is 9.19. The Bertz CT molecular complexity index is 2810. The summed E-state index contributed by atoms with van der Waals surface area (Å²) in [5.41, 5.74) is 4.76. The van der Waals surface area contributed by atoms with Crippen molar-refractivity contribution in [2.45, 2.75) is 27.4 Å². The van der Waals surface area contributed by atoms with Crippen LogP contribution >= 0.6 is 0 Å². The van der Waals surface area contributed by atoms with Crippen LogP contribution in [0, 0.1) is 20.8 Å². The number of rotatable bonds is 8. The number of amides is 1. The van der Waals surface area contributed by atoms with E-state index in [0.717, 1.165) is 0 Å². The highest BCUT2D eigenvalue weighted by Crippen LogP contribution is 2.56. The van der Waals surface area contributed by atoms with Gasteiger partial charge in [-0.05, 0) is 96.1 Å². The zero-order valence-electron chi connectivity index (χ0n) is 30.6. The van der Waals surface area contributed by atoms with Crippen molar-refractivity contribution in [3.05, 3.63) is 142 Å². The van der Waals surface area contributed by atoms with Crippen LogP contribution in [0.25, 0.3) is 33.4 Å². The van der Waals surface area contributed by atoms with E-state index >= 15 is 0 Å². The molecule has 57 heavy (non-hydrogen) atoms. The fourth-order valence-electron chi connectivity index (χ4n) is 6.90. The molecule has 0 aliphatic heterocycles. The minimum Gasteiger partial charge on any atom is -0.506 e. The summed E-state index contributed by atoms with van der Waals surface area (Å²) < 4.78 is 5.51. The molecule has 0 radical (unpaired) electrons. The number of anilines is 1. The molecule has 1 aliphatic carbocycles. The van der Waals surface area contributed by atoms with Gasteiger partial charge in [-0.2, -0.15) is 9.98 Å². The van der Waals surface area contributed by atoms with Crippen molar-refractivity contribution in [1.82, 2.24) is 0 Å². The summed E-state index contributed by atoms with van der Waals surface area (Å²) in [4.78, 5) is 69.0. The standard InChI is InChI=1S/C45H31N3O9/c1-23-8-11-28(18-35(23)47-22-50)38-42(53)37(27-13-15-34(46-21-49)25(3)16-27)43(54)39(44(38)55)29-12-9-24(2)36(19-29)48-45(56)57-20-26-10-14-32-33(17-26)41(52)31-7-5-4-6-30(31)40(32)51/h4-19,53-55H,20H2,1-3H3,(H,48,56). The molecule has 0 saturated heterocycles. The van der Waals surface area contributed by atoms with E-state index in [9.17, 15) is 39.3 Å². The van der Waals surface area contributed by atoms with Gasteiger partial charge in [0.05, 0.1) is 28.1 Å². The topological polar surface area (TPSA) is 192 Å². The number of benzene rings is 6. The van der Waals surface area contributed by atoms with E-state index in [0.29, 0.717) is 44.6 Å². The average molecular weight is 758 g/mol. The minimum absolute atomic E-state index is 0.0632. The number of phenols is 3. The molecule has 0 saturated carbocycles. The van der Waals surface area contributed by atoms with E-state index in [2.05, 4.69) is 15.3 Å². The molecular weight excluding hydrogens is 727 g/mol. The first-order chi connectivity index (χ1) is 27.4. The maximum Gasteiger partial charge on any atom is 0.411 e. The van der Waals surface area contributed by atoms with Gasteiger partial charge >= 0.3 is 6.09 Å². The number of fused-ring (bicyclic) bond motifs is 2. The van der Waals surface area contributed by atoms with Gasteiger partial charge in [0, 0.05) is 27.9 Å². The summed E-state index contributed by atoms with van der Waals surface area (Å²) in [6, 6.07) is 25.4. The number of ketones is 2.